The molecule has 0 saturated carbocycles. The molecule has 0 bridgehead atoms. The van der Waals surface area contributed by atoms with Crippen LogP contribution in [-0.2, 0) is 4.74 Å². The highest BCUT2D eigenvalue weighted by molar-refractivity contribution is 6.17. The Bertz CT molecular complexity index is 1370. The maximum Gasteiger partial charge on any atom is 0.251 e. The van der Waals surface area contributed by atoms with Gasteiger partial charge in [-0.15, -0.1) is 0 Å². The minimum atomic E-state index is -1.31. The molecular weight excluding hydrogens is 446 g/mol. The number of nitrogens with one attached hydrogen (secondary N) is 2. The zero-order valence-corrected chi connectivity index (χ0v) is 18.1. The molecule has 4 N–H and O–H groups in total. The fourth-order valence-electron chi connectivity index (χ4n) is 3.42. The van der Waals surface area contributed by atoms with Crippen LogP contribution in [0.5, 0.6) is 0 Å². The van der Waals surface area contributed by atoms with Crippen molar-refractivity contribution in [2.24, 2.45) is 5.73 Å². The summed E-state index contributed by atoms with van der Waals surface area (Å²) in [7, 11) is 1.63. The van der Waals surface area contributed by atoms with Crippen molar-refractivity contribution in [3.8, 4) is 11.1 Å². The lowest BCUT2D eigenvalue weighted by Gasteiger charge is -2.07. The molecule has 0 saturated heterocycles. The van der Waals surface area contributed by atoms with Gasteiger partial charge in [0.25, 0.3) is 5.91 Å². The van der Waals surface area contributed by atoms with Crippen LogP contribution in [0.4, 0.5) is 14.7 Å². The van der Waals surface area contributed by atoms with E-state index >= 15 is 0 Å². The average molecular weight is 466 g/mol. The topological polar surface area (TPSA) is 136 Å². The van der Waals surface area contributed by atoms with Crippen LogP contribution in [0, 0.1) is 11.6 Å². The van der Waals surface area contributed by atoms with Gasteiger partial charge in [-0.1, -0.05) is 0 Å². The highest BCUT2D eigenvalue weighted by Crippen LogP contribution is 2.28. The first-order valence-electron chi connectivity index (χ1n) is 10.3. The number of methoxy groups -OCH3 is 1. The molecular formula is C23H20F2N6O3. The third kappa shape index (κ3) is 4.46. The number of pyridine rings is 1. The van der Waals surface area contributed by atoms with E-state index in [0.717, 1.165) is 18.6 Å². The number of benzene rings is 1. The molecule has 0 aliphatic heterocycles. The molecule has 1 amide bonds. The first-order chi connectivity index (χ1) is 16.4. The van der Waals surface area contributed by atoms with Gasteiger partial charge < -0.3 is 20.8 Å². The van der Waals surface area contributed by atoms with E-state index in [1.54, 1.807) is 31.8 Å². The first kappa shape index (κ1) is 22.9. The first-order valence-corrected chi connectivity index (χ1v) is 10.3. The highest BCUT2D eigenvalue weighted by Gasteiger charge is 2.26. The molecule has 3 heterocycles. The van der Waals surface area contributed by atoms with E-state index in [4.69, 9.17) is 10.5 Å². The van der Waals surface area contributed by atoms with Crippen LogP contribution < -0.4 is 11.1 Å². The van der Waals surface area contributed by atoms with E-state index in [-0.39, 0.29) is 5.56 Å². The van der Waals surface area contributed by atoms with E-state index < -0.39 is 34.5 Å². The Morgan fingerprint density at radius 1 is 1.09 bits per heavy atom. The Kier molecular flexibility index (Phi) is 6.55. The second-order valence-electron chi connectivity index (χ2n) is 7.37. The lowest BCUT2D eigenvalue weighted by atomic mass is 9.98. The van der Waals surface area contributed by atoms with Crippen molar-refractivity contribution < 1.29 is 23.1 Å². The summed E-state index contributed by atoms with van der Waals surface area (Å²) in [6.45, 7) is 1.27. The number of halogens is 2. The maximum atomic E-state index is 14.7. The number of anilines is 1. The van der Waals surface area contributed by atoms with Gasteiger partial charge >= 0.3 is 0 Å². The Morgan fingerprint density at radius 2 is 1.82 bits per heavy atom. The monoisotopic (exact) mass is 466 g/mol. The summed E-state index contributed by atoms with van der Waals surface area (Å²) in [6.07, 6.45) is 6.86. The van der Waals surface area contributed by atoms with E-state index in [9.17, 15) is 18.4 Å². The third-order valence-corrected chi connectivity index (χ3v) is 5.15. The van der Waals surface area contributed by atoms with Gasteiger partial charge in [-0.25, -0.2) is 23.7 Å². The molecule has 0 aliphatic rings. The molecule has 3 aromatic heterocycles. The number of H-pyrrole nitrogens is 1. The van der Waals surface area contributed by atoms with Crippen molar-refractivity contribution in [3.63, 3.8) is 0 Å². The number of carbonyl (C=O) groups is 2. The van der Waals surface area contributed by atoms with Crippen LogP contribution in [0.1, 0.15) is 32.7 Å². The number of aromatic nitrogens is 4. The van der Waals surface area contributed by atoms with Gasteiger partial charge in [0, 0.05) is 67.1 Å². The van der Waals surface area contributed by atoms with Crippen LogP contribution in [-0.4, -0.2) is 51.9 Å². The molecule has 11 heteroatoms. The van der Waals surface area contributed by atoms with Crippen molar-refractivity contribution in [1.82, 2.24) is 19.9 Å². The number of hydrogen-bond donors (Lipinski definition) is 3. The summed E-state index contributed by atoms with van der Waals surface area (Å²) in [5.74, 6) is -4.01. The van der Waals surface area contributed by atoms with Crippen LogP contribution >= 0.6 is 0 Å². The molecule has 0 spiro atoms. The number of fused-ring (bicyclic) bond motifs is 1. The Hall–Kier alpha value is -4.25. The number of ether oxygens (including phenoxy) is 1. The second-order valence-corrected chi connectivity index (χ2v) is 7.37. The number of aromatic amines is 1. The van der Waals surface area contributed by atoms with Crippen molar-refractivity contribution in [2.45, 2.75) is 6.42 Å². The van der Waals surface area contributed by atoms with Gasteiger partial charge in [-0.3, -0.25) is 9.59 Å². The number of primary amides is 1. The van der Waals surface area contributed by atoms with Crippen LogP contribution in [0.3, 0.4) is 0 Å². The van der Waals surface area contributed by atoms with Gasteiger partial charge in [0.05, 0.1) is 11.1 Å². The Balaban J connectivity index is 1.66. The molecule has 0 aliphatic carbocycles. The van der Waals surface area contributed by atoms with Crippen molar-refractivity contribution in [1.29, 1.82) is 0 Å². The summed E-state index contributed by atoms with van der Waals surface area (Å²) >= 11 is 0. The zero-order valence-electron chi connectivity index (χ0n) is 18.1. The predicted octanol–water partition coefficient (Wildman–Crippen LogP) is 3.08. The predicted molar refractivity (Wildman–Crippen MR) is 120 cm³/mol. The Labute approximate surface area is 192 Å². The molecule has 4 aromatic rings. The summed E-state index contributed by atoms with van der Waals surface area (Å²) in [6, 6.07) is 3.37. The normalized spacial score (nSPS) is 11.0. The fraction of sp³-hybridized carbons (Fsp3) is 0.174. The van der Waals surface area contributed by atoms with Gasteiger partial charge in [-0.2, -0.15) is 0 Å². The van der Waals surface area contributed by atoms with Crippen LogP contribution in [0.15, 0.2) is 43.0 Å². The van der Waals surface area contributed by atoms with E-state index in [2.05, 4.69) is 25.3 Å². The number of nitrogens with zero attached hydrogens (tertiary/aromatic N) is 3. The smallest absolute Gasteiger partial charge is 0.251 e. The van der Waals surface area contributed by atoms with Crippen molar-refractivity contribution in [3.05, 3.63) is 71.3 Å². The molecule has 0 atom stereocenters. The molecule has 0 fully saturated rings. The average Bonchev–Trinajstić information content (AvgIpc) is 3.25. The highest BCUT2D eigenvalue weighted by atomic mass is 19.1. The number of nitrogens with two attached hydrogens (primary N) is 1. The summed E-state index contributed by atoms with van der Waals surface area (Å²) < 4.78 is 34.1. The van der Waals surface area contributed by atoms with Gasteiger partial charge in [0.2, 0.25) is 11.7 Å². The van der Waals surface area contributed by atoms with Crippen molar-refractivity contribution in [2.75, 3.05) is 25.6 Å². The van der Waals surface area contributed by atoms with Crippen LogP contribution in [0.25, 0.3) is 22.2 Å². The van der Waals surface area contributed by atoms with E-state index in [1.165, 1.54) is 6.20 Å². The number of hydrogen-bond acceptors (Lipinski definition) is 7. The summed E-state index contributed by atoms with van der Waals surface area (Å²) in [5.41, 5.74) is 5.25. The number of carbonyl (C=O) groups excluding carboxylic acids is 2. The lowest BCUT2D eigenvalue weighted by molar-refractivity contribution is 0.0996. The standard InChI is InChI=1S/C23H20F2N6O3/c1-34-6-2-5-27-23-30-9-13(10-31-23)12-7-15-16(11-29-22(15)28-8-12)20(32)18-17(24)4-3-14(19(18)25)21(26)33/h3-4,7-11H,2,5-6H2,1H3,(H2,26,33)(H,28,29)(H,27,30,31). The van der Waals surface area contributed by atoms with Crippen LogP contribution in [0.2, 0.25) is 0 Å². The van der Waals surface area contributed by atoms with Gasteiger partial charge in [-0.05, 0) is 24.6 Å². The SMILES string of the molecule is COCCCNc1ncc(-c2cnc3[nH]cc(C(=O)c4c(F)ccc(C(N)=O)c4F)c3c2)cn1. The Morgan fingerprint density at radius 3 is 2.53 bits per heavy atom. The summed E-state index contributed by atoms with van der Waals surface area (Å²) in [5, 5.41) is 3.42. The fourth-order valence-corrected chi connectivity index (χ4v) is 3.42. The quantitative estimate of drug-likeness (QED) is 0.255. The van der Waals surface area contributed by atoms with Gasteiger partial charge in [0.1, 0.15) is 17.3 Å². The zero-order chi connectivity index (χ0) is 24.2. The molecule has 0 unspecified atom stereocenters. The van der Waals surface area contributed by atoms with E-state index in [0.29, 0.717) is 41.3 Å². The minimum Gasteiger partial charge on any atom is -0.385 e. The number of amides is 1. The second kappa shape index (κ2) is 9.71. The lowest BCUT2D eigenvalue weighted by Crippen LogP contribution is -2.17. The number of rotatable bonds is 9. The largest absolute Gasteiger partial charge is 0.385 e. The maximum absolute atomic E-state index is 14.7. The van der Waals surface area contributed by atoms with E-state index in [1.807, 2.05) is 0 Å². The molecule has 34 heavy (non-hydrogen) atoms. The third-order valence-electron chi connectivity index (χ3n) is 5.15. The van der Waals surface area contributed by atoms with Gasteiger partial charge in [0.15, 0.2) is 0 Å². The molecule has 1 aromatic carbocycles. The molecule has 9 nitrogen and oxygen atoms in total. The van der Waals surface area contributed by atoms with Crippen molar-refractivity contribution >= 4 is 28.7 Å². The number of ketones is 1. The molecule has 174 valence electrons. The molecule has 0 radical (unpaired) electrons. The molecule has 4 rings (SSSR count). The summed E-state index contributed by atoms with van der Waals surface area (Å²) in [4.78, 5) is 40.1. The minimum absolute atomic E-state index is 0.0129.